The van der Waals surface area contributed by atoms with Crippen molar-refractivity contribution in [3.63, 3.8) is 0 Å². The van der Waals surface area contributed by atoms with Crippen molar-refractivity contribution in [2.24, 2.45) is 5.92 Å². The SMILES string of the molecule is CCCCC(=O)N(CCC(C)C)C(C)c1nc2ccccc2c(=O)n1CCOC. The Hall–Kier alpha value is -2.21. The first-order valence-corrected chi connectivity index (χ1v) is 10.7. The average molecular weight is 402 g/mol. The highest BCUT2D eigenvalue weighted by atomic mass is 16.5. The van der Waals surface area contributed by atoms with Crippen LogP contribution in [0.15, 0.2) is 29.1 Å². The molecule has 0 saturated carbocycles. The van der Waals surface area contributed by atoms with Gasteiger partial charge >= 0.3 is 0 Å². The molecule has 1 unspecified atom stereocenters. The molecule has 2 aromatic rings. The largest absolute Gasteiger partial charge is 0.383 e. The zero-order chi connectivity index (χ0) is 21.4. The maximum atomic E-state index is 13.2. The molecule has 29 heavy (non-hydrogen) atoms. The molecule has 0 fully saturated rings. The number of amides is 1. The zero-order valence-corrected chi connectivity index (χ0v) is 18.5. The van der Waals surface area contributed by atoms with E-state index in [1.54, 1.807) is 17.7 Å². The van der Waals surface area contributed by atoms with Crippen LogP contribution in [-0.4, -0.2) is 40.6 Å². The van der Waals surface area contributed by atoms with E-state index in [-0.39, 0.29) is 17.5 Å². The molecule has 1 aromatic heterocycles. The number of hydrogen-bond donors (Lipinski definition) is 0. The molecule has 0 N–H and O–H groups in total. The molecule has 1 atom stereocenters. The Balaban J connectivity index is 2.50. The average Bonchev–Trinajstić information content (AvgIpc) is 2.71. The summed E-state index contributed by atoms with van der Waals surface area (Å²) in [6, 6.07) is 7.09. The third-order valence-corrected chi connectivity index (χ3v) is 5.26. The van der Waals surface area contributed by atoms with Gasteiger partial charge in [0, 0.05) is 20.1 Å². The smallest absolute Gasteiger partial charge is 0.261 e. The molecule has 0 saturated heterocycles. The van der Waals surface area contributed by atoms with Crippen LogP contribution < -0.4 is 5.56 Å². The van der Waals surface area contributed by atoms with Gasteiger partial charge in [0.1, 0.15) is 5.82 Å². The van der Waals surface area contributed by atoms with Crippen molar-refractivity contribution in [1.29, 1.82) is 0 Å². The molecule has 0 bridgehead atoms. The summed E-state index contributed by atoms with van der Waals surface area (Å²) in [6.07, 6.45) is 3.28. The number of nitrogens with zero attached hydrogens (tertiary/aromatic N) is 3. The fraction of sp³-hybridized carbons (Fsp3) is 0.609. The second-order valence-electron chi connectivity index (χ2n) is 7.99. The van der Waals surface area contributed by atoms with Crippen molar-refractivity contribution in [3.8, 4) is 0 Å². The van der Waals surface area contributed by atoms with E-state index in [0.29, 0.717) is 48.8 Å². The number of unbranched alkanes of at least 4 members (excludes halogenated alkanes) is 1. The second-order valence-corrected chi connectivity index (χ2v) is 7.99. The molecule has 6 nitrogen and oxygen atoms in total. The van der Waals surface area contributed by atoms with E-state index in [9.17, 15) is 9.59 Å². The summed E-state index contributed by atoms with van der Waals surface area (Å²) >= 11 is 0. The fourth-order valence-electron chi connectivity index (χ4n) is 3.45. The number of ether oxygens (including phenoxy) is 1. The van der Waals surface area contributed by atoms with E-state index in [0.717, 1.165) is 19.3 Å². The number of para-hydroxylation sites is 1. The summed E-state index contributed by atoms with van der Waals surface area (Å²) in [5.74, 6) is 1.24. The van der Waals surface area contributed by atoms with Crippen molar-refractivity contribution in [2.45, 2.75) is 66.0 Å². The Morgan fingerprint density at radius 2 is 1.97 bits per heavy atom. The molecule has 1 amide bonds. The summed E-state index contributed by atoms with van der Waals surface area (Å²) in [4.78, 5) is 32.9. The molecule has 1 aromatic carbocycles. The molecule has 0 radical (unpaired) electrons. The van der Waals surface area contributed by atoms with E-state index >= 15 is 0 Å². The number of carbonyl (C=O) groups excluding carboxylic acids is 1. The highest BCUT2D eigenvalue weighted by Crippen LogP contribution is 2.22. The van der Waals surface area contributed by atoms with Crippen LogP contribution in [0.2, 0.25) is 0 Å². The van der Waals surface area contributed by atoms with E-state index in [4.69, 9.17) is 9.72 Å². The molecule has 1 heterocycles. The van der Waals surface area contributed by atoms with Crippen LogP contribution in [0.5, 0.6) is 0 Å². The van der Waals surface area contributed by atoms with Gasteiger partial charge in [0.15, 0.2) is 0 Å². The van der Waals surface area contributed by atoms with E-state index in [2.05, 4.69) is 20.8 Å². The third kappa shape index (κ3) is 5.89. The lowest BCUT2D eigenvalue weighted by molar-refractivity contribution is -0.133. The van der Waals surface area contributed by atoms with Gasteiger partial charge < -0.3 is 9.64 Å². The van der Waals surface area contributed by atoms with Gasteiger partial charge in [0.25, 0.3) is 5.56 Å². The van der Waals surface area contributed by atoms with Crippen molar-refractivity contribution in [3.05, 3.63) is 40.4 Å². The predicted molar refractivity (Wildman–Crippen MR) is 117 cm³/mol. The lowest BCUT2D eigenvalue weighted by Crippen LogP contribution is -2.39. The molecule has 0 aliphatic rings. The van der Waals surface area contributed by atoms with E-state index in [1.807, 2.05) is 30.0 Å². The highest BCUT2D eigenvalue weighted by Gasteiger charge is 2.26. The molecule has 160 valence electrons. The number of hydrogen-bond acceptors (Lipinski definition) is 4. The van der Waals surface area contributed by atoms with Gasteiger partial charge in [-0.2, -0.15) is 0 Å². The number of fused-ring (bicyclic) bond motifs is 1. The monoisotopic (exact) mass is 401 g/mol. The van der Waals surface area contributed by atoms with Crippen molar-refractivity contribution >= 4 is 16.8 Å². The quantitative estimate of drug-likeness (QED) is 0.567. The molecule has 0 spiro atoms. The van der Waals surface area contributed by atoms with Crippen LogP contribution in [0.1, 0.15) is 65.2 Å². The van der Waals surface area contributed by atoms with Crippen molar-refractivity contribution < 1.29 is 9.53 Å². The van der Waals surface area contributed by atoms with Crippen LogP contribution in [0.4, 0.5) is 0 Å². The minimum Gasteiger partial charge on any atom is -0.383 e. The van der Waals surface area contributed by atoms with Crippen LogP contribution in [-0.2, 0) is 16.1 Å². The topological polar surface area (TPSA) is 64.4 Å². The number of carbonyl (C=O) groups is 1. The van der Waals surface area contributed by atoms with Gasteiger partial charge in [0.05, 0.1) is 30.1 Å². The predicted octanol–water partition coefficient (Wildman–Crippen LogP) is 4.17. The summed E-state index contributed by atoms with van der Waals surface area (Å²) in [6.45, 7) is 9.86. The van der Waals surface area contributed by atoms with Crippen LogP contribution in [0.25, 0.3) is 10.9 Å². The third-order valence-electron chi connectivity index (χ3n) is 5.26. The van der Waals surface area contributed by atoms with Gasteiger partial charge in [-0.05, 0) is 37.8 Å². The Labute approximate surface area is 173 Å². The molecular weight excluding hydrogens is 366 g/mol. The Bertz CT molecular complexity index is 860. The summed E-state index contributed by atoms with van der Waals surface area (Å²) in [7, 11) is 1.62. The van der Waals surface area contributed by atoms with Gasteiger partial charge in [-0.1, -0.05) is 39.3 Å². The van der Waals surface area contributed by atoms with Crippen molar-refractivity contribution in [1.82, 2.24) is 14.5 Å². The molecule has 0 aliphatic heterocycles. The molecule has 6 heteroatoms. The highest BCUT2D eigenvalue weighted by molar-refractivity contribution is 5.78. The normalized spacial score (nSPS) is 12.5. The summed E-state index contributed by atoms with van der Waals surface area (Å²) in [5, 5.41) is 0.589. The fourth-order valence-corrected chi connectivity index (χ4v) is 3.45. The van der Waals surface area contributed by atoms with Gasteiger partial charge in [-0.25, -0.2) is 4.98 Å². The Morgan fingerprint density at radius 1 is 1.24 bits per heavy atom. The zero-order valence-electron chi connectivity index (χ0n) is 18.5. The van der Waals surface area contributed by atoms with E-state index in [1.165, 1.54) is 0 Å². The van der Waals surface area contributed by atoms with Gasteiger partial charge in [0.2, 0.25) is 5.91 Å². The summed E-state index contributed by atoms with van der Waals surface area (Å²) < 4.78 is 6.89. The maximum Gasteiger partial charge on any atom is 0.261 e. The number of rotatable bonds is 11. The Morgan fingerprint density at radius 3 is 2.62 bits per heavy atom. The van der Waals surface area contributed by atoms with Crippen molar-refractivity contribution in [2.75, 3.05) is 20.3 Å². The number of aromatic nitrogens is 2. The first kappa shape index (κ1) is 23.1. The maximum absolute atomic E-state index is 13.2. The molecule has 0 aliphatic carbocycles. The Kier molecular flexibility index (Phi) is 8.83. The second kappa shape index (κ2) is 11.1. The van der Waals surface area contributed by atoms with Crippen LogP contribution >= 0.6 is 0 Å². The lowest BCUT2D eigenvalue weighted by atomic mass is 10.1. The minimum atomic E-state index is -0.285. The number of benzene rings is 1. The standard InChI is InChI=1S/C23H35N3O3/c1-6-7-12-21(27)25(14-13-17(2)3)18(4)22-24-20-11-9-8-10-19(20)23(28)26(22)15-16-29-5/h8-11,17-18H,6-7,12-16H2,1-5H3. The lowest BCUT2D eigenvalue weighted by Gasteiger charge is -2.31. The van der Waals surface area contributed by atoms with Crippen LogP contribution in [0, 0.1) is 5.92 Å². The summed E-state index contributed by atoms with van der Waals surface area (Å²) in [5.41, 5.74) is 0.581. The van der Waals surface area contributed by atoms with Crippen LogP contribution in [0.3, 0.4) is 0 Å². The first-order chi connectivity index (χ1) is 13.9. The van der Waals surface area contributed by atoms with E-state index < -0.39 is 0 Å². The molecular formula is C23H35N3O3. The first-order valence-electron chi connectivity index (χ1n) is 10.7. The van der Waals surface area contributed by atoms with Gasteiger partial charge in [-0.15, -0.1) is 0 Å². The van der Waals surface area contributed by atoms with Gasteiger partial charge in [-0.3, -0.25) is 14.2 Å². The minimum absolute atomic E-state index is 0.0840. The number of methoxy groups -OCH3 is 1. The molecule has 2 rings (SSSR count).